The van der Waals surface area contributed by atoms with E-state index in [1.165, 1.54) is 6.07 Å². The van der Waals surface area contributed by atoms with E-state index in [2.05, 4.69) is 4.98 Å². The molecule has 0 radical (unpaired) electrons. The molecule has 4 nitrogen and oxygen atoms in total. The second-order valence-electron chi connectivity index (χ2n) is 4.97. The largest absolute Gasteiger partial charge is 0.507 e. The fourth-order valence-electron chi connectivity index (χ4n) is 2.37. The number of nitrogens with zero attached hydrogens (tertiary/aromatic N) is 1. The quantitative estimate of drug-likeness (QED) is 0.644. The summed E-state index contributed by atoms with van der Waals surface area (Å²) in [5, 5.41) is 20.0. The number of benzene rings is 2. The highest BCUT2D eigenvalue weighted by atomic mass is 16.3. The molecule has 21 heavy (non-hydrogen) atoms. The number of aliphatic hydroxyl groups is 1. The fourth-order valence-corrected chi connectivity index (χ4v) is 2.37. The maximum atomic E-state index is 9.98. The molecule has 0 fully saturated rings. The normalized spacial score (nSPS) is 10.9. The predicted octanol–water partition coefficient (Wildman–Crippen LogP) is 2.72. The van der Waals surface area contributed by atoms with Gasteiger partial charge in [0.25, 0.3) is 0 Å². The minimum Gasteiger partial charge on any atom is -0.507 e. The van der Waals surface area contributed by atoms with Gasteiger partial charge in [-0.2, -0.15) is 0 Å². The van der Waals surface area contributed by atoms with Gasteiger partial charge in [0.1, 0.15) is 5.75 Å². The molecule has 1 heterocycles. The van der Waals surface area contributed by atoms with Crippen LogP contribution >= 0.6 is 0 Å². The molecular formula is C17H16N2O2. The minimum atomic E-state index is 0.124. The third kappa shape index (κ3) is 2.66. The molecule has 1 aromatic heterocycles. The van der Waals surface area contributed by atoms with Gasteiger partial charge in [-0.25, -0.2) is 4.98 Å². The van der Waals surface area contributed by atoms with Crippen molar-refractivity contribution in [3.63, 3.8) is 0 Å². The molecule has 0 aliphatic carbocycles. The first-order chi connectivity index (χ1) is 10.2. The maximum absolute atomic E-state index is 9.98. The molecule has 0 amide bonds. The second kappa shape index (κ2) is 5.42. The summed E-state index contributed by atoms with van der Waals surface area (Å²) in [7, 11) is 0. The fraction of sp³-hybridized carbons (Fsp3) is 0.118. The van der Waals surface area contributed by atoms with E-state index < -0.39 is 0 Å². The Bertz CT molecular complexity index is 800. The van der Waals surface area contributed by atoms with E-state index in [1.54, 1.807) is 12.1 Å². The third-order valence-corrected chi connectivity index (χ3v) is 3.45. The number of hydrogen-bond donors (Lipinski definition) is 3. The van der Waals surface area contributed by atoms with Crippen molar-refractivity contribution in [3.05, 3.63) is 54.1 Å². The van der Waals surface area contributed by atoms with E-state index in [9.17, 15) is 5.11 Å². The van der Waals surface area contributed by atoms with Crippen LogP contribution in [0.2, 0.25) is 0 Å². The van der Waals surface area contributed by atoms with Gasteiger partial charge in [0.05, 0.1) is 11.2 Å². The second-order valence-corrected chi connectivity index (χ2v) is 4.97. The SMILES string of the molecule is Nc1ccc(-c2ccc3cc(CCO)ccc3n2)c(O)c1. The number of nitrogen functional groups attached to an aromatic ring is 1. The summed E-state index contributed by atoms with van der Waals surface area (Å²) in [6.07, 6.45) is 0.635. The Labute approximate surface area is 122 Å². The lowest BCUT2D eigenvalue weighted by molar-refractivity contribution is 0.299. The molecule has 4 N–H and O–H groups in total. The van der Waals surface area contributed by atoms with Crippen LogP contribution in [0.4, 0.5) is 5.69 Å². The lowest BCUT2D eigenvalue weighted by atomic mass is 10.1. The molecule has 0 saturated carbocycles. The van der Waals surface area contributed by atoms with Gasteiger partial charge in [0.2, 0.25) is 0 Å². The van der Waals surface area contributed by atoms with Gasteiger partial charge in [-0.15, -0.1) is 0 Å². The van der Waals surface area contributed by atoms with Crippen LogP contribution in [0.15, 0.2) is 48.5 Å². The monoisotopic (exact) mass is 280 g/mol. The summed E-state index contributed by atoms with van der Waals surface area (Å²) >= 11 is 0. The number of aromatic nitrogens is 1. The first kappa shape index (κ1) is 13.4. The first-order valence-corrected chi connectivity index (χ1v) is 6.77. The molecule has 106 valence electrons. The number of aliphatic hydroxyl groups excluding tert-OH is 1. The van der Waals surface area contributed by atoms with Gasteiger partial charge in [-0.05, 0) is 42.3 Å². The molecule has 0 spiro atoms. The van der Waals surface area contributed by atoms with Crippen molar-refractivity contribution >= 4 is 16.6 Å². The van der Waals surface area contributed by atoms with Gasteiger partial charge < -0.3 is 15.9 Å². The number of phenols is 1. The summed E-state index contributed by atoms with van der Waals surface area (Å²) in [4.78, 5) is 4.57. The number of rotatable bonds is 3. The number of phenolic OH excluding ortho intramolecular Hbond substituents is 1. The van der Waals surface area contributed by atoms with Crippen molar-refractivity contribution in [2.75, 3.05) is 12.3 Å². The van der Waals surface area contributed by atoms with Crippen LogP contribution in [0, 0.1) is 0 Å². The molecule has 0 aliphatic heterocycles. The summed E-state index contributed by atoms with van der Waals surface area (Å²) in [5.74, 6) is 0.124. The average molecular weight is 280 g/mol. The minimum absolute atomic E-state index is 0.124. The van der Waals surface area contributed by atoms with Crippen LogP contribution in [0.3, 0.4) is 0 Å². The molecule has 0 saturated heterocycles. The highest BCUT2D eigenvalue weighted by Crippen LogP contribution is 2.30. The number of hydrogen-bond acceptors (Lipinski definition) is 4. The number of aromatic hydroxyl groups is 1. The molecule has 3 rings (SSSR count). The van der Waals surface area contributed by atoms with E-state index in [0.717, 1.165) is 16.5 Å². The number of pyridine rings is 1. The van der Waals surface area contributed by atoms with Gasteiger partial charge in [-0.3, -0.25) is 0 Å². The first-order valence-electron chi connectivity index (χ1n) is 6.77. The lowest BCUT2D eigenvalue weighted by Gasteiger charge is -2.07. The summed E-state index contributed by atoms with van der Waals surface area (Å²) < 4.78 is 0. The van der Waals surface area contributed by atoms with Crippen LogP contribution < -0.4 is 5.73 Å². The average Bonchev–Trinajstić information content (AvgIpc) is 2.47. The third-order valence-electron chi connectivity index (χ3n) is 3.45. The van der Waals surface area contributed by atoms with Crippen molar-refractivity contribution in [2.45, 2.75) is 6.42 Å². The number of anilines is 1. The number of fused-ring (bicyclic) bond motifs is 1. The van der Waals surface area contributed by atoms with E-state index in [0.29, 0.717) is 23.4 Å². The van der Waals surface area contributed by atoms with Crippen LogP contribution in [-0.4, -0.2) is 21.8 Å². The molecule has 2 aromatic carbocycles. The summed E-state index contributed by atoms with van der Waals surface area (Å²) in [6.45, 7) is 0.135. The van der Waals surface area contributed by atoms with Gasteiger partial charge in [0, 0.05) is 29.3 Å². The van der Waals surface area contributed by atoms with Crippen molar-refractivity contribution in [3.8, 4) is 17.0 Å². The zero-order chi connectivity index (χ0) is 14.8. The molecule has 0 unspecified atom stereocenters. The van der Waals surface area contributed by atoms with E-state index in [-0.39, 0.29) is 12.4 Å². The molecule has 0 atom stereocenters. The van der Waals surface area contributed by atoms with E-state index in [4.69, 9.17) is 10.8 Å². The molecule has 0 bridgehead atoms. The Hall–Kier alpha value is -2.59. The summed E-state index contributed by atoms with van der Waals surface area (Å²) in [6, 6.07) is 14.8. The molecule has 0 aliphatic rings. The van der Waals surface area contributed by atoms with E-state index >= 15 is 0 Å². The Balaban J connectivity index is 2.06. The molecule has 4 heteroatoms. The predicted molar refractivity (Wildman–Crippen MR) is 84.0 cm³/mol. The summed E-state index contributed by atoms with van der Waals surface area (Å²) in [5.41, 5.74) is 9.45. The number of nitrogens with two attached hydrogens (primary N) is 1. The van der Waals surface area contributed by atoms with Crippen molar-refractivity contribution in [1.82, 2.24) is 4.98 Å². The lowest BCUT2D eigenvalue weighted by Crippen LogP contribution is -1.92. The Morgan fingerprint density at radius 3 is 2.62 bits per heavy atom. The van der Waals surface area contributed by atoms with Crippen molar-refractivity contribution in [1.29, 1.82) is 0 Å². The van der Waals surface area contributed by atoms with Crippen LogP contribution in [0.1, 0.15) is 5.56 Å². The van der Waals surface area contributed by atoms with Crippen molar-refractivity contribution < 1.29 is 10.2 Å². The molecular weight excluding hydrogens is 264 g/mol. The Morgan fingerprint density at radius 1 is 1.00 bits per heavy atom. The zero-order valence-corrected chi connectivity index (χ0v) is 11.5. The standard InChI is InChI=1S/C17H16N2O2/c18-13-3-4-14(17(21)10-13)16-6-2-12-9-11(7-8-20)1-5-15(12)19-16/h1-6,9-10,20-21H,7-8,18H2. The van der Waals surface area contributed by atoms with Crippen molar-refractivity contribution in [2.24, 2.45) is 0 Å². The maximum Gasteiger partial charge on any atom is 0.127 e. The Morgan fingerprint density at radius 2 is 1.86 bits per heavy atom. The molecule has 3 aromatic rings. The smallest absolute Gasteiger partial charge is 0.127 e. The zero-order valence-electron chi connectivity index (χ0n) is 11.5. The van der Waals surface area contributed by atoms with Gasteiger partial charge in [-0.1, -0.05) is 12.1 Å². The Kier molecular flexibility index (Phi) is 3.46. The highest BCUT2D eigenvalue weighted by Gasteiger charge is 2.07. The van der Waals surface area contributed by atoms with Crippen LogP contribution in [-0.2, 0) is 6.42 Å². The topological polar surface area (TPSA) is 79.4 Å². The van der Waals surface area contributed by atoms with E-state index in [1.807, 2.05) is 30.3 Å². The van der Waals surface area contributed by atoms with Crippen LogP contribution in [0.25, 0.3) is 22.2 Å². The van der Waals surface area contributed by atoms with Crippen LogP contribution in [0.5, 0.6) is 5.75 Å². The highest BCUT2D eigenvalue weighted by molar-refractivity contribution is 5.83. The van der Waals surface area contributed by atoms with Gasteiger partial charge in [0.15, 0.2) is 0 Å². The van der Waals surface area contributed by atoms with Gasteiger partial charge >= 0.3 is 0 Å².